The van der Waals surface area contributed by atoms with Gasteiger partial charge in [-0.05, 0) is 38.7 Å². The summed E-state index contributed by atoms with van der Waals surface area (Å²) >= 11 is 0. The van der Waals surface area contributed by atoms with E-state index in [1.165, 1.54) is 12.8 Å². The highest BCUT2D eigenvalue weighted by Crippen LogP contribution is 2.36. The van der Waals surface area contributed by atoms with E-state index in [-0.39, 0.29) is 5.60 Å². The average Bonchev–Trinajstić information content (AvgIpc) is 2.96. The highest BCUT2D eigenvalue weighted by molar-refractivity contribution is 6.04. The Bertz CT molecular complexity index is 994. The number of aromatic nitrogens is 3. The van der Waals surface area contributed by atoms with Crippen molar-refractivity contribution in [1.29, 1.82) is 0 Å². The molecule has 1 fully saturated rings. The lowest BCUT2D eigenvalue weighted by Gasteiger charge is -2.31. The summed E-state index contributed by atoms with van der Waals surface area (Å²) in [5, 5.41) is 0.954. The Morgan fingerprint density at radius 2 is 2.15 bits per heavy atom. The van der Waals surface area contributed by atoms with Crippen LogP contribution in [0.5, 0.6) is 0 Å². The molecule has 3 aromatic heterocycles. The third kappa shape index (κ3) is 2.55. The molecule has 0 radical (unpaired) electrons. The first-order valence-electron chi connectivity index (χ1n) is 9.45. The SMILES string of the molecule is CC1CCCN(c2ncnc3c2oc2nc4c(cc23)COC(C)(C)C4)C1. The van der Waals surface area contributed by atoms with Crippen molar-refractivity contribution in [3.63, 3.8) is 0 Å². The number of rotatable bonds is 1. The van der Waals surface area contributed by atoms with E-state index < -0.39 is 0 Å². The summed E-state index contributed by atoms with van der Waals surface area (Å²) in [5.74, 6) is 1.57. The van der Waals surface area contributed by atoms with Crippen molar-refractivity contribution in [2.24, 2.45) is 5.92 Å². The molecule has 0 spiro atoms. The number of hydrogen-bond donors (Lipinski definition) is 0. The minimum Gasteiger partial charge on any atom is -0.432 e. The Balaban J connectivity index is 1.66. The fourth-order valence-electron chi connectivity index (χ4n) is 4.18. The molecule has 5 rings (SSSR count). The van der Waals surface area contributed by atoms with E-state index in [2.05, 4.69) is 41.7 Å². The Labute approximate surface area is 152 Å². The summed E-state index contributed by atoms with van der Waals surface area (Å²) in [7, 11) is 0. The van der Waals surface area contributed by atoms with Crippen molar-refractivity contribution < 1.29 is 9.15 Å². The monoisotopic (exact) mass is 352 g/mol. The molecular formula is C20H24N4O2. The van der Waals surface area contributed by atoms with Crippen LogP contribution >= 0.6 is 0 Å². The van der Waals surface area contributed by atoms with Crippen LogP contribution in [0.3, 0.4) is 0 Å². The summed E-state index contributed by atoms with van der Waals surface area (Å²) in [6, 6.07) is 2.13. The molecule has 136 valence electrons. The first-order chi connectivity index (χ1) is 12.5. The van der Waals surface area contributed by atoms with Crippen molar-refractivity contribution in [2.75, 3.05) is 18.0 Å². The molecule has 0 amide bonds. The molecule has 2 aliphatic rings. The van der Waals surface area contributed by atoms with E-state index in [4.69, 9.17) is 14.1 Å². The van der Waals surface area contributed by atoms with Gasteiger partial charge in [-0.1, -0.05) is 6.92 Å². The second-order valence-corrected chi connectivity index (χ2v) is 8.34. The minimum atomic E-state index is -0.186. The second-order valence-electron chi connectivity index (χ2n) is 8.34. The number of anilines is 1. The van der Waals surface area contributed by atoms with Crippen LogP contribution < -0.4 is 4.90 Å². The average molecular weight is 352 g/mol. The lowest BCUT2D eigenvalue weighted by Crippen LogP contribution is -2.34. The number of pyridine rings is 1. The van der Waals surface area contributed by atoms with Crippen molar-refractivity contribution in [1.82, 2.24) is 15.0 Å². The maximum Gasteiger partial charge on any atom is 0.229 e. The number of piperidine rings is 1. The maximum atomic E-state index is 6.19. The molecule has 0 saturated carbocycles. The Morgan fingerprint density at radius 3 is 3.00 bits per heavy atom. The highest BCUT2D eigenvalue weighted by Gasteiger charge is 2.29. The van der Waals surface area contributed by atoms with Crippen molar-refractivity contribution in [3.05, 3.63) is 23.7 Å². The first kappa shape index (κ1) is 16.0. The van der Waals surface area contributed by atoms with Crippen LogP contribution in [-0.4, -0.2) is 33.6 Å². The summed E-state index contributed by atoms with van der Waals surface area (Å²) in [5.41, 5.74) is 4.27. The molecule has 1 atom stereocenters. The summed E-state index contributed by atoms with van der Waals surface area (Å²) in [6.45, 7) is 9.09. The van der Waals surface area contributed by atoms with Gasteiger partial charge in [0.15, 0.2) is 11.4 Å². The summed E-state index contributed by atoms with van der Waals surface area (Å²) in [6.07, 6.45) is 4.89. The van der Waals surface area contributed by atoms with Crippen LogP contribution in [-0.2, 0) is 17.8 Å². The van der Waals surface area contributed by atoms with E-state index in [0.29, 0.717) is 18.2 Å². The third-order valence-corrected chi connectivity index (χ3v) is 5.56. The van der Waals surface area contributed by atoms with Crippen molar-refractivity contribution >= 4 is 28.0 Å². The van der Waals surface area contributed by atoms with Gasteiger partial charge in [0.2, 0.25) is 5.71 Å². The Kier molecular flexibility index (Phi) is 3.47. The largest absolute Gasteiger partial charge is 0.432 e. The van der Waals surface area contributed by atoms with Gasteiger partial charge < -0.3 is 14.1 Å². The van der Waals surface area contributed by atoms with Gasteiger partial charge >= 0.3 is 0 Å². The molecule has 0 aliphatic carbocycles. The van der Waals surface area contributed by atoms with E-state index in [9.17, 15) is 0 Å². The van der Waals surface area contributed by atoms with Gasteiger partial charge in [0.05, 0.1) is 23.3 Å². The molecule has 6 nitrogen and oxygen atoms in total. The zero-order valence-corrected chi connectivity index (χ0v) is 15.6. The predicted octanol–water partition coefficient (Wildman–Crippen LogP) is 3.86. The maximum absolute atomic E-state index is 6.19. The molecule has 0 bridgehead atoms. The lowest BCUT2D eigenvalue weighted by molar-refractivity contribution is -0.0411. The van der Waals surface area contributed by atoms with Crippen LogP contribution in [0.15, 0.2) is 16.8 Å². The van der Waals surface area contributed by atoms with E-state index in [0.717, 1.165) is 53.1 Å². The Hall–Kier alpha value is -2.21. The molecule has 1 unspecified atom stereocenters. The number of furan rings is 1. The van der Waals surface area contributed by atoms with Crippen molar-refractivity contribution in [2.45, 2.75) is 52.2 Å². The number of hydrogen-bond acceptors (Lipinski definition) is 6. The normalized spacial score (nSPS) is 22.7. The standard InChI is InChI=1S/C20H24N4O2/c1-12-5-4-6-24(9-12)18-17-16(21-11-22-18)14-7-13-10-25-20(2,3)8-15(13)23-19(14)26-17/h7,11-12H,4-6,8-10H2,1-3H3. The summed E-state index contributed by atoms with van der Waals surface area (Å²) in [4.78, 5) is 16.2. The molecule has 3 aromatic rings. The zero-order chi connectivity index (χ0) is 17.9. The van der Waals surface area contributed by atoms with Gasteiger partial charge in [-0.2, -0.15) is 0 Å². The van der Waals surface area contributed by atoms with Crippen LogP contribution in [0.25, 0.3) is 22.2 Å². The molecule has 0 aromatic carbocycles. The number of ether oxygens (including phenoxy) is 1. The quantitative estimate of drug-likeness (QED) is 0.663. The molecule has 5 heterocycles. The molecule has 6 heteroatoms. The first-order valence-corrected chi connectivity index (χ1v) is 9.45. The fourth-order valence-corrected chi connectivity index (χ4v) is 4.18. The third-order valence-electron chi connectivity index (χ3n) is 5.56. The number of fused-ring (bicyclic) bond motifs is 4. The van der Waals surface area contributed by atoms with Gasteiger partial charge in [-0.3, -0.25) is 0 Å². The van der Waals surface area contributed by atoms with E-state index in [1.54, 1.807) is 6.33 Å². The number of nitrogens with zero attached hydrogens (tertiary/aromatic N) is 4. The minimum absolute atomic E-state index is 0.186. The van der Waals surface area contributed by atoms with Crippen molar-refractivity contribution in [3.8, 4) is 0 Å². The van der Waals surface area contributed by atoms with Gasteiger partial charge in [0.25, 0.3) is 0 Å². The van der Waals surface area contributed by atoms with Crippen LogP contribution in [0.2, 0.25) is 0 Å². The Morgan fingerprint density at radius 1 is 1.27 bits per heavy atom. The van der Waals surface area contributed by atoms with Crippen LogP contribution in [0.4, 0.5) is 5.82 Å². The second kappa shape index (κ2) is 5.64. The van der Waals surface area contributed by atoms with Gasteiger partial charge in [-0.15, -0.1) is 0 Å². The molecule has 26 heavy (non-hydrogen) atoms. The summed E-state index contributed by atoms with van der Waals surface area (Å²) < 4.78 is 12.1. The lowest BCUT2D eigenvalue weighted by atomic mass is 9.95. The molecule has 0 N–H and O–H groups in total. The van der Waals surface area contributed by atoms with E-state index >= 15 is 0 Å². The zero-order valence-electron chi connectivity index (χ0n) is 15.6. The van der Waals surface area contributed by atoms with Gasteiger partial charge in [0, 0.05) is 25.1 Å². The topological polar surface area (TPSA) is 64.3 Å². The predicted molar refractivity (Wildman–Crippen MR) is 100 cm³/mol. The van der Waals surface area contributed by atoms with E-state index in [1.807, 2.05) is 0 Å². The van der Waals surface area contributed by atoms with Crippen LogP contribution in [0, 0.1) is 5.92 Å². The smallest absolute Gasteiger partial charge is 0.229 e. The molecular weight excluding hydrogens is 328 g/mol. The highest BCUT2D eigenvalue weighted by atomic mass is 16.5. The van der Waals surface area contributed by atoms with Crippen LogP contribution in [0.1, 0.15) is 44.9 Å². The van der Waals surface area contributed by atoms with Gasteiger partial charge in [-0.25, -0.2) is 15.0 Å². The molecule has 1 saturated heterocycles. The van der Waals surface area contributed by atoms with Gasteiger partial charge in [0.1, 0.15) is 11.8 Å². The molecule has 2 aliphatic heterocycles. The fraction of sp³-hybridized carbons (Fsp3) is 0.550.